The van der Waals surface area contributed by atoms with E-state index in [9.17, 15) is 0 Å². The molecule has 0 bridgehead atoms. The van der Waals surface area contributed by atoms with Crippen molar-refractivity contribution in [1.82, 2.24) is 0 Å². The van der Waals surface area contributed by atoms with Crippen molar-refractivity contribution in [2.75, 3.05) is 11.1 Å². The lowest BCUT2D eigenvalue weighted by Crippen LogP contribution is -1.97. The van der Waals surface area contributed by atoms with Crippen LogP contribution >= 0.6 is 27.5 Å². The van der Waals surface area contributed by atoms with Crippen LogP contribution in [0.4, 0.5) is 17.1 Å². The van der Waals surface area contributed by atoms with Crippen LogP contribution in [0.2, 0.25) is 5.02 Å². The summed E-state index contributed by atoms with van der Waals surface area (Å²) < 4.78 is 0.850. The second-order valence-corrected chi connectivity index (χ2v) is 4.95. The maximum Gasteiger partial charge on any atom is 0.0596 e. The summed E-state index contributed by atoms with van der Waals surface area (Å²) in [7, 11) is 0. The van der Waals surface area contributed by atoms with E-state index in [2.05, 4.69) is 21.2 Å². The van der Waals surface area contributed by atoms with Gasteiger partial charge in [0.15, 0.2) is 0 Å². The largest absolute Gasteiger partial charge is 0.398 e. The summed E-state index contributed by atoms with van der Waals surface area (Å²) in [5.74, 6) is 0. The third-order valence-electron chi connectivity index (χ3n) is 2.60. The molecule has 2 nitrogen and oxygen atoms in total. The van der Waals surface area contributed by atoms with Gasteiger partial charge in [-0.2, -0.15) is 0 Å². The van der Waals surface area contributed by atoms with Crippen LogP contribution in [0.25, 0.3) is 0 Å². The van der Waals surface area contributed by atoms with E-state index in [1.165, 1.54) is 0 Å². The minimum Gasteiger partial charge on any atom is -0.398 e. The molecule has 2 rings (SSSR count). The summed E-state index contributed by atoms with van der Waals surface area (Å²) in [6.07, 6.45) is 0. The first-order valence-corrected chi connectivity index (χ1v) is 6.33. The standard InChI is InChI=1S/C13H12BrClN2/c1-8-10(16)5-3-6-11(8)17-12-7-2-4-9(15)13(12)14/h2-7,17H,16H2,1H3. The average molecular weight is 312 g/mol. The first-order chi connectivity index (χ1) is 8.09. The number of nitrogen functional groups attached to an aromatic ring is 1. The summed E-state index contributed by atoms with van der Waals surface area (Å²) in [6.45, 7) is 1.98. The lowest BCUT2D eigenvalue weighted by atomic mass is 10.1. The number of benzene rings is 2. The van der Waals surface area contributed by atoms with Gasteiger partial charge in [-0.3, -0.25) is 0 Å². The Balaban J connectivity index is 2.38. The molecule has 0 spiro atoms. The Morgan fingerprint density at radius 1 is 1.12 bits per heavy atom. The summed E-state index contributed by atoms with van der Waals surface area (Å²) in [6, 6.07) is 11.5. The first kappa shape index (κ1) is 12.3. The fourth-order valence-corrected chi connectivity index (χ4v) is 2.07. The van der Waals surface area contributed by atoms with E-state index in [4.69, 9.17) is 17.3 Å². The summed E-state index contributed by atoms with van der Waals surface area (Å²) in [5.41, 5.74) is 9.57. The van der Waals surface area contributed by atoms with Gasteiger partial charge in [-0.1, -0.05) is 23.7 Å². The second kappa shape index (κ2) is 4.98. The van der Waals surface area contributed by atoms with E-state index in [0.717, 1.165) is 27.1 Å². The number of halogens is 2. The number of anilines is 3. The minimum absolute atomic E-state index is 0.677. The van der Waals surface area contributed by atoms with Crippen LogP contribution in [0.5, 0.6) is 0 Å². The van der Waals surface area contributed by atoms with Crippen LogP contribution in [0.1, 0.15) is 5.56 Å². The lowest BCUT2D eigenvalue weighted by molar-refractivity contribution is 1.42. The zero-order valence-corrected chi connectivity index (χ0v) is 11.6. The van der Waals surface area contributed by atoms with Gasteiger partial charge in [0.2, 0.25) is 0 Å². The highest BCUT2D eigenvalue weighted by molar-refractivity contribution is 9.10. The predicted octanol–water partition coefficient (Wildman–Crippen LogP) is 4.74. The van der Waals surface area contributed by atoms with E-state index >= 15 is 0 Å². The van der Waals surface area contributed by atoms with Crippen molar-refractivity contribution in [3.8, 4) is 0 Å². The molecule has 2 aromatic carbocycles. The van der Waals surface area contributed by atoms with Crippen LogP contribution < -0.4 is 11.1 Å². The number of hydrogen-bond donors (Lipinski definition) is 2. The Labute approximate surface area is 114 Å². The van der Waals surface area contributed by atoms with E-state index in [-0.39, 0.29) is 0 Å². The monoisotopic (exact) mass is 310 g/mol. The van der Waals surface area contributed by atoms with Gasteiger partial charge in [-0.15, -0.1) is 0 Å². The summed E-state index contributed by atoms with van der Waals surface area (Å²) in [5, 5.41) is 3.99. The molecule has 0 atom stereocenters. The van der Waals surface area contributed by atoms with Crippen molar-refractivity contribution < 1.29 is 0 Å². The topological polar surface area (TPSA) is 38.0 Å². The van der Waals surface area contributed by atoms with Gasteiger partial charge in [0, 0.05) is 11.4 Å². The molecule has 0 amide bonds. The molecule has 0 saturated heterocycles. The molecule has 0 aliphatic rings. The van der Waals surface area contributed by atoms with Gasteiger partial charge in [0.1, 0.15) is 0 Å². The van der Waals surface area contributed by atoms with Gasteiger partial charge in [-0.25, -0.2) is 0 Å². The maximum atomic E-state index is 6.04. The lowest BCUT2D eigenvalue weighted by Gasteiger charge is -2.13. The van der Waals surface area contributed by atoms with Crippen LogP contribution in [0, 0.1) is 6.92 Å². The van der Waals surface area contributed by atoms with Gasteiger partial charge >= 0.3 is 0 Å². The van der Waals surface area contributed by atoms with Gasteiger partial charge < -0.3 is 11.1 Å². The van der Waals surface area contributed by atoms with Crippen molar-refractivity contribution >= 4 is 44.6 Å². The van der Waals surface area contributed by atoms with Gasteiger partial charge in [-0.05, 0) is 52.7 Å². The Bertz CT molecular complexity index is 506. The average Bonchev–Trinajstić information content (AvgIpc) is 2.31. The molecule has 2 aromatic rings. The fraction of sp³-hybridized carbons (Fsp3) is 0.0769. The molecule has 0 radical (unpaired) electrons. The molecule has 0 saturated carbocycles. The minimum atomic E-state index is 0.677. The van der Waals surface area contributed by atoms with Gasteiger partial charge in [0.25, 0.3) is 0 Å². The smallest absolute Gasteiger partial charge is 0.0596 e. The summed E-state index contributed by atoms with van der Waals surface area (Å²) >= 11 is 9.49. The fourth-order valence-electron chi connectivity index (χ4n) is 1.53. The van der Waals surface area contributed by atoms with Crippen LogP contribution in [0.3, 0.4) is 0 Å². The molecule has 0 heterocycles. The summed E-state index contributed by atoms with van der Waals surface area (Å²) in [4.78, 5) is 0. The molecule has 0 fully saturated rings. The highest BCUT2D eigenvalue weighted by Crippen LogP contribution is 2.33. The number of hydrogen-bond acceptors (Lipinski definition) is 2. The molecule has 0 aromatic heterocycles. The number of rotatable bonds is 2. The third kappa shape index (κ3) is 2.56. The van der Waals surface area contributed by atoms with Crippen molar-refractivity contribution in [2.45, 2.75) is 6.92 Å². The highest BCUT2D eigenvalue weighted by atomic mass is 79.9. The maximum absolute atomic E-state index is 6.04. The molecule has 0 unspecified atom stereocenters. The zero-order chi connectivity index (χ0) is 12.4. The van der Waals surface area contributed by atoms with Crippen LogP contribution in [-0.4, -0.2) is 0 Å². The number of nitrogens with one attached hydrogen (secondary N) is 1. The Kier molecular flexibility index (Phi) is 3.60. The van der Waals surface area contributed by atoms with E-state index in [1.807, 2.05) is 43.3 Å². The first-order valence-electron chi connectivity index (χ1n) is 5.15. The van der Waals surface area contributed by atoms with Crippen molar-refractivity contribution in [1.29, 1.82) is 0 Å². The normalized spacial score (nSPS) is 10.3. The van der Waals surface area contributed by atoms with Crippen molar-refractivity contribution in [2.24, 2.45) is 0 Å². The van der Waals surface area contributed by atoms with E-state index in [0.29, 0.717) is 5.02 Å². The molecule has 3 N–H and O–H groups in total. The molecule has 0 aliphatic carbocycles. The molecular weight excluding hydrogens is 300 g/mol. The quantitative estimate of drug-likeness (QED) is 0.786. The third-order valence-corrected chi connectivity index (χ3v) is 3.99. The SMILES string of the molecule is Cc1c(N)cccc1Nc1cccc(Cl)c1Br. The van der Waals surface area contributed by atoms with Crippen LogP contribution in [-0.2, 0) is 0 Å². The molecular formula is C13H12BrClN2. The Morgan fingerprint density at radius 3 is 2.53 bits per heavy atom. The van der Waals surface area contributed by atoms with E-state index in [1.54, 1.807) is 0 Å². The molecule has 0 aliphatic heterocycles. The second-order valence-electron chi connectivity index (χ2n) is 3.75. The van der Waals surface area contributed by atoms with E-state index < -0.39 is 0 Å². The Hall–Kier alpha value is -1.19. The van der Waals surface area contributed by atoms with Crippen molar-refractivity contribution in [3.63, 3.8) is 0 Å². The molecule has 88 valence electrons. The molecule has 4 heteroatoms. The predicted molar refractivity (Wildman–Crippen MR) is 78.0 cm³/mol. The molecule has 17 heavy (non-hydrogen) atoms. The zero-order valence-electron chi connectivity index (χ0n) is 9.30. The number of nitrogens with two attached hydrogens (primary N) is 1. The Morgan fingerprint density at radius 2 is 1.76 bits per heavy atom. The van der Waals surface area contributed by atoms with Crippen molar-refractivity contribution in [3.05, 3.63) is 51.5 Å². The highest BCUT2D eigenvalue weighted by Gasteiger charge is 2.06. The van der Waals surface area contributed by atoms with Crippen LogP contribution in [0.15, 0.2) is 40.9 Å². The van der Waals surface area contributed by atoms with Gasteiger partial charge in [0.05, 0.1) is 15.2 Å².